The predicted octanol–water partition coefficient (Wildman–Crippen LogP) is 0.194. The molecule has 1 atom stereocenters. The Morgan fingerprint density at radius 2 is 1.86 bits per heavy atom. The van der Waals surface area contributed by atoms with Gasteiger partial charge in [0.2, 0.25) is 11.8 Å². The lowest BCUT2D eigenvalue weighted by atomic mass is 9.87. The highest BCUT2D eigenvalue weighted by atomic mass is 32.1. The van der Waals surface area contributed by atoms with E-state index in [4.69, 9.17) is 4.74 Å². The number of aliphatic hydroxyl groups excluding tert-OH is 1. The van der Waals surface area contributed by atoms with E-state index in [2.05, 4.69) is 23.3 Å². The smallest absolute Gasteiger partial charge is 0.341 e. The van der Waals surface area contributed by atoms with E-state index in [0.29, 0.717) is 12.3 Å². The molecule has 1 aromatic carbocycles. The Morgan fingerprint density at radius 3 is 2.46 bits per heavy atom. The van der Waals surface area contributed by atoms with Gasteiger partial charge in [0.15, 0.2) is 0 Å². The summed E-state index contributed by atoms with van der Waals surface area (Å²) in [4.78, 5) is 35.6. The fourth-order valence-corrected chi connectivity index (χ4v) is 2.25. The summed E-state index contributed by atoms with van der Waals surface area (Å²) in [6.07, 6.45) is -1.43. The number of aromatic hydroxyl groups is 2. The van der Waals surface area contributed by atoms with Gasteiger partial charge in [-0.05, 0) is 12.1 Å². The fraction of sp³-hybridized carbons (Fsp3) is 0.500. The number of esters is 1. The number of carbonyl (C=O) groups excluding carboxylic acids is 3. The summed E-state index contributed by atoms with van der Waals surface area (Å²) < 4.78 is 5.08. The van der Waals surface area contributed by atoms with E-state index in [0.717, 1.165) is 6.07 Å². The van der Waals surface area contributed by atoms with Gasteiger partial charge < -0.3 is 30.7 Å². The minimum atomic E-state index is -1.49. The van der Waals surface area contributed by atoms with Crippen molar-refractivity contribution in [3.63, 3.8) is 0 Å². The molecule has 9 nitrogen and oxygen atoms in total. The highest BCUT2D eigenvalue weighted by Crippen LogP contribution is 2.26. The van der Waals surface area contributed by atoms with Gasteiger partial charge >= 0.3 is 5.97 Å². The Morgan fingerprint density at radius 1 is 1.18 bits per heavy atom. The molecular formula is C18H26N2O7S. The number of rotatable bonds is 10. The zero-order valence-electron chi connectivity index (χ0n) is 15.8. The Balaban J connectivity index is 2.52. The van der Waals surface area contributed by atoms with Crippen molar-refractivity contribution in [2.45, 2.75) is 26.4 Å². The number of hydrogen-bond donors (Lipinski definition) is 6. The molecule has 5 N–H and O–H groups in total. The molecular weight excluding hydrogens is 388 g/mol. The molecule has 156 valence electrons. The van der Waals surface area contributed by atoms with Crippen LogP contribution in [0.5, 0.6) is 11.5 Å². The maximum atomic E-state index is 12.1. The number of hydrogen-bond acceptors (Lipinski definition) is 8. The van der Waals surface area contributed by atoms with Gasteiger partial charge in [-0.1, -0.05) is 13.8 Å². The molecule has 0 aromatic heterocycles. The van der Waals surface area contributed by atoms with Crippen molar-refractivity contribution in [2.24, 2.45) is 5.41 Å². The first-order valence-electron chi connectivity index (χ1n) is 8.61. The molecule has 0 radical (unpaired) electrons. The number of phenolic OH excluding ortho intramolecular Hbond substituents is 2. The second kappa shape index (κ2) is 10.8. The molecule has 0 saturated heterocycles. The molecule has 0 unspecified atom stereocenters. The Hall–Kier alpha value is -2.46. The van der Waals surface area contributed by atoms with Crippen LogP contribution in [0.2, 0.25) is 0 Å². The van der Waals surface area contributed by atoms with Crippen LogP contribution in [0.1, 0.15) is 30.6 Å². The van der Waals surface area contributed by atoms with Crippen LogP contribution in [0.4, 0.5) is 0 Å². The van der Waals surface area contributed by atoms with Crippen molar-refractivity contribution in [1.29, 1.82) is 0 Å². The van der Waals surface area contributed by atoms with Crippen molar-refractivity contribution in [3.8, 4) is 11.5 Å². The van der Waals surface area contributed by atoms with E-state index >= 15 is 0 Å². The zero-order valence-corrected chi connectivity index (χ0v) is 16.7. The minimum Gasteiger partial charge on any atom is -0.508 e. The molecule has 2 amide bonds. The van der Waals surface area contributed by atoms with E-state index in [9.17, 15) is 29.7 Å². The van der Waals surface area contributed by atoms with Gasteiger partial charge in [0.1, 0.15) is 23.2 Å². The van der Waals surface area contributed by atoms with E-state index in [-0.39, 0.29) is 36.8 Å². The standard InChI is InChI=1S/C18H26N2O7S/c1-18(2,10-27-17(26)12-4-3-11(21)9-13(12)22)15(24)16(25)20-6-5-14(23)19-7-8-28/h3-4,9,15,21-22,24,28H,5-8,10H2,1-2H3,(H,19,23)(H,20,25)/t15-/m0/s1. The lowest BCUT2D eigenvalue weighted by Gasteiger charge is -2.29. The van der Waals surface area contributed by atoms with Gasteiger partial charge in [-0.2, -0.15) is 12.6 Å². The maximum Gasteiger partial charge on any atom is 0.341 e. The normalized spacial score (nSPS) is 12.1. The number of carbonyl (C=O) groups is 3. The number of thiol groups is 1. The van der Waals surface area contributed by atoms with Crippen molar-refractivity contribution in [2.75, 3.05) is 25.4 Å². The summed E-state index contributed by atoms with van der Waals surface area (Å²) >= 11 is 3.97. The number of phenols is 2. The monoisotopic (exact) mass is 414 g/mol. The van der Waals surface area contributed by atoms with Crippen LogP contribution in [0.3, 0.4) is 0 Å². The quantitative estimate of drug-likeness (QED) is 0.237. The van der Waals surface area contributed by atoms with E-state index in [1.807, 2.05) is 0 Å². The van der Waals surface area contributed by atoms with Gasteiger partial charge in [0, 0.05) is 36.7 Å². The zero-order chi connectivity index (χ0) is 21.3. The number of ether oxygens (including phenoxy) is 1. The third-order valence-electron chi connectivity index (χ3n) is 3.85. The third kappa shape index (κ3) is 7.28. The summed E-state index contributed by atoms with van der Waals surface area (Å²) in [5.74, 6) is -1.95. The molecule has 0 aliphatic heterocycles. The molecule has 10 heteroatoms. The molecule has 0 fully saturated rings. The van der Waals surface area contributed by atoms with Crippen LogP contribution in [0, 0.1) is 5.41 Å². The van der Waals surface area contributed by atoms with Crippen LogP contribution >= 0.6 is 12.6 Å². The molecule has 0 heterocycles. The first-order chi connectivity index (χ1) is 13.1. The van der Waals surface area contributed by atoms with Gasteiger partial charge in [0.05, 0.1) is 6.61 Å². The van der Waals surface area contributed by atoms with Crippen LogP contribution in [-0.4, -0.2) is 64.7 Å². The van der Waals surface area contributed by atoms with Crippen LogP contribution in [0.15, 0.2) is 18.2 Å². The van der Waals surface area contributed by atoms with Gasteiger partial charge in [-0.3, -0.25) is 9.59 Å². The molecule has 0 aliphatic carbocycles. The Bertz CT molecular complexity index is 709. The van der Waals surface area contributed by atoms with Crippen LogP contribution < -0.4 is 10.6 Å². The molecule has 0 bridgehead atoms. The van der Waals surface area contributed by atoms with Gasteiger partial charge in [0.25, 0.3) is 0 Å². The summed E-state index contributed by atoms with van der Waals surface area (Å²) in [5, 5.41) is 34.2. The topological polar surface area (TPSA) is 145 Å². The lowest BCUT2D eigenvalue weighted by molar-refractivity contribution is -0.137. The maximum absolute atomic E-state index is 12.1. The lowest BCUT2D eigenvalue weighted by Crippen LogP contribution is -2.47. The first kappa shape index (κ1) is 23.6. The van der Waals surface area contributed by atoms with Crippen molar-refractivity contribution < 1.29 is 34.4 Å². The summed E-state index contributed by atoms with van der Waals surface area (Å²) in [5.41, 5.74) is -1.28. The number of amides is 2. The SMILES string of the molecule is CC(C)(COC(=O)c1ccc(O)cc1O)[C@@H](O)C(=O)NCCC(=O)NCCS. The molecule has 0 saturated carbocycles. The summed E-state index contributed by atoms with van der Waals surface area (Å²) in [7, 11) is 0. The minimum absolute atomic E-state index is 0.0472. The number of benzene rings is 1. The number of nitrogens with one attached hydrogen (secondary N) is 2. The van der Waals surface area contributed by atoms with Crippen molar-refractivity contribution >= 4 is 30.4 Å². The predicted molar refractivity (Wildman–Crippen MR) is 104 cm³/mol. The second-order valence-corrected chi connectivity index (χ2v) is 7.23. The van der Waals surface area contributed by atoms with Crippen molar-refractivity contribution in [1.82, 2.24) is 10.6 Å². The Kier molecular flexibility index (Phi) is 9.07. The second-order valence-electron chi connectivity index (χ2n) is 6.78. The van der Waals surface area contributed by atoms with Crippen LogP contribution in [0.25, 0.3) is 0 Å². The molecule has 28 heavy (non-hydrogen) atoms. The molecule has 0 spiro atoms. The van der Waals surface area contributed by atoms with Gasteiger partial charge in [-0.15, -0.1) is 0 Å². The van der Waals surface area contributed by atoms with E-state index in [1.54, 1.807) is 0 Å². The highest BCUT2D eigenvalue weighted by molar-refractivity contribution is 7.80. The largest absolute Gasteiger partial charge is 0.508 e. The average molecular weight is 414 g/mol. The first-order valence-corrected chi connectivity index (χ1v) is 9.24. The molecule has 0 aliphatic rings. The third-order valence-corrected chi connectivity index (χ3v) is 4.07. The van der Waals surface area contributed by atoms with Gasteiger partial charge in [-0.25, -0.2) is 4.79 Å². The fourth-order valence-electron chi connectivity index (χ4n) is 2.14. The Labute approximate surface area is 168 Å². The molecule has 1 aromatic rings. The van der Waals surface area contributed by atoms with Crippen molar-refractivity contribution in [3.05, 3.63) is 23.8 Å². The number of aliphatic hydroxyl groups is 1. The highest BCUT2D eigenvalue weighted by Gasteiger charge is 2.35. The summed E-state index contributed by atoms with van der Waals surface area (Å²) in [6.45, 7) is 3.23. The molecule has 1 rings (SSSR count). The average Bonchev–Trinajstić information content (AvgIpc) is 2.63. The van der Waals surface area contributed by atoms with E-state index in [1.165, 1.54) is 26.0 Å². The van der Waals surface area contributed by atoms with Crippen LogP contribution in [-0.2, 0) is 14.3 Å². The summed E-state index contributed by atoms with van der Waals surface area (Å²) in [6, 6.07) is 3.41. The van der Waals surface area contributed by atoms with E-state index < -0.39 is 29.1 Å².